The van der Waals surface area contributed by atoms with E-state index >= 15 is 0 Å². The molecule has 0 fully saturated rings. The summed E-state index contributed by atoms with van der Waals surface area (Å²) in [6.07, 6.45) is 3.91. The summed E-state index contributed by atoms with van der Waals surface area (Å²) in [5, 5.41) is 10.3. The van der Waals surface area contributed by atoms with Crippen molar-refractivity contribution in [2.24, 2.45) is 0 Å². The van der Waals surface area contributed by atoms with Crippen LogP contribution >= 0.6 is 0 Å². The number of aryl methyl sites for hydroxylation is 1. The fraction of sp³-hybridized carbons (Fsp3) is 0.129. The summed E-state index contributed by atoms with van der Waals surface area (Å²) in [4.78, 5) is 9.25. The second-order valence-electron chi connectivity index (χ2n) is 8.50. The summed E-state index contributed by atoms with van der Waals surface area (Å²) >= 11 is 0. The number of hydrogen-bond donors (Lipinski definition) is 1. The number of aliphatic carboxylic acids is 1. The van der Waals surface area contributed by atoms with E-state index in [1.807, 2.05) is 0 Å². The SMILES string of the molecule is C=CC(=O)O.CCCc1c(-c2ccccc2)c(-c2ccccc2)c2c3c1oc1cccc(c13)C2. The zero-order valence-corrected chi connectivity index (χ0v) is 19.2. The molecule has 5 aromatic rings. The zero-order valence-electron chi connectivity index (χ0n) is 19.2. The number of carboxylic acid groups (broad SMARTS) is 1. The van der Waals surface area contributed by atoms with Gasteiger partial charge in [0.05, 0.1) is 0 Å². The highest BCUT2D eigenvalue weighted by molar-refractivity contribution is 6.17. The monoisotopic (exact) mass is 446 g/mol. The minimum atomic E-state index is -0.981. The molecule has 0 unspecified atom stereocenters. The van der Waals surface area contributed by atoms with E-state index in [-0.39, 0.29) is 0 Å². The van der Waals surface area contributed by atoms with Crippen molar-refractivity contribution < 1.29 is 14.3 Å². The van der Waals surface area contributed by atoms with Gasteiger partial charge in [-0.2, -0.15) is 0 Å². The normalized spacial score (nSPS) is 11.6. The minimum Gasteiger partial charge on any atom is -0.478 e. The number of hydrogen-bond acceptors (Lipinski definition) is 2. The minimum absolute atomic E-state index is 0.833. The molecule has 0 aliphatic heterocycles. The summed E-state index contributed by atoms with van der Waals surface area (Å²) in [5.41, 5.74) is 11.6. The molecule has 0 saturated heterocycles. The summed E-state index contributed by atoms with van der Waals surface area (Å²) < 4.78 is 6.51. The Balaban J connectivity index is 0.000000439. The van der Waals surface area contributed by atoms with Crippen molar-refractivity contribution in [2.75, 3.05) is 0 Å². The van der Waals surface area contributed by atoms with E-state index in [9.17, 15) is 4.79 Å². The molecule has 0 saturated carbocycles. The highest BCUT2D eigenvalue weighted by atomic mass is 16.4. The van der Waals surface area contributed by atoms with E-state index in [4.69, 9.17) is 9.52 Å². The highest BCUT2D eigenvalue weighted by Gasteiger charge is 2.29. The van der Waals surface area contributed by atoms with Crippen molar-refractivity contribution in [3.63, 3.8) is 0 Å². The van der Waals surface area contributed by atoms with Crippen molar-refractivity contribution in [3.8, 4) is 22.3 Å². The number of carboxylic acids is 1. The molecule has 0 radical (unpaired) electrons. The Hall–Kier alpha value is -4.11. The van der Waals surface area contributed by atoms with Crippen molar-refractivity contribution in [2.45, 2.75) is 26.2 Å². The van der Waals surface area contributed by atoms with Gasteiger partial charge < -0.3 is 9.52 Å². The standard InChI is InChI=1S/C28H22O.C3H4O2/c1-2-10-21-24(18-11-5-3-6-12-18)25(19-13-7-4-8-14-19)22-17-20-15-9-16-23-26(20)27(22)28(21)29-23;1-2-3(4)5/h3-9,11-16H,2,10,17H2,1H3;2H,1H2,(H,4,5). The van der Waals surface area contributed by atoms with Crippen molar-refractivity contribution in [1.29, 1.82) is 0 Å². The molecule has 6 rings (SSSR count). The quantitative estimate of drug-likeness (QED) is 0.273. The first-order valence-electron chi connectivity index (χ1n) is 11.6. The Morgan fingerprint density at radius 2 is 1.53 bits per heavy atom. The topological polar surface area (TPSA) is 50.4 Å². The van der Waals surface area contributed by atoms with E-state index < -0.39 is 5.97 Å². The lowest BCUT2D eigenvalue weighted by molar-refractivity contribution is -0.131. The van der Waals surface area contributed by atoms with Crippen molar-refractivity contribution in [3.05, 3.63) is 108 Å². The third kappa shape index (κ3) is 3.60. The molecule has 0 bridgehead atoms. The van der Waals surface area contributed by atoms with Crippen molar-refractivity contribution in [1.82, 2.24) is 0 Å². The molecule has 0 amide bonds. The molecule has 168 valence electrons. The number of carbonyl (C=O) groups is 1. The van der Waals surface area contributed by atoms with Crippen LogP contribution < -0.4 is 0 Å². The van der Waals surface area contributed by atoms with Gasteiger partial charge in [-0.1, -0.05) is 92.7 Å². The van der Waals surface area contributed by atoms with E-state index in [0.29, 0.717) is 0 Å². The van der Waals surface area contributed by atoms with Crippen LogP contribution in [0.15, 0.2) is 95.9 Å². The van der Waals surface area contributed by atoms with E-state index in [0.717, 1.165) is 36.5 Å². The third-order valence-corrected chi connectivity index (χ3v) is 6.40. The van der Waals surface area contributed by atoms with E-state index in [2.05, 4.69) is 92.4 Å². The molecule has 0 atom stereocenters. The Morgan fingerprint density at radius 1 is 0.912 bits per heavy atom. The second-order valence-corrected chi connectivity index (χ2v) is 8.50. The molecular formula is C31H26O3. The van der Waals surface area contributed by atoms with Crippen LogP contribution in [0.4, 0.5) is 0 Å². The molecule has 4 aromatic carbocycles. The van der Waals surface area contributed by atoms with Crippen LogP contribution in [0.3, 0.4) is 0 Å². The van der Waals surface area contributed by atoms with Gasteiger partial charge in [0.25, 0.3) is 0 Å². The van der Waals surface area contributed by atoms with Crippen molar-refractivity contribution >= 4 is 27.9 Å². The summed E-state index contributed by atoms with van der Waals surface area (Å²) in [6, 6.07) is 28.2. The van der Waals surface area contributed by atoms with Crippen LogP contribution in [-0.4, -0.2) is 11.1 Å². The molecule has 3 heteroatoms. The van der Waals surface area contributed by atoms with Crippen LogP contribution in [0.5, 0.6) is 0 Å². The predicted octanol–water partition coefficient (Wildman–Crippen LogP) is 8.03. The lowest BCUT2D eigenvalue weighted by atomic mass is 9.84. The first-order valence-corrected chi connectivity index (χ1v) is 11.6. The van der Waals surface area contributed by atoms with Crippen LogP contribution in [0.25, 0.3) is 44.2 Å². The van der Waals surface area contributed by atoms with Crippen LogP contribution in [0.2, 0.25) is 0 Å². The van der Waals surface area contributed by atoms with Gasteiger partial charge in [-0.3, -0.25) is 0 Å². The van der Waals surface area contributed by atoms with Gasteiger partial charge in [-0.25, -0.2) is 4.79 Å². The summed E-state index contributed by atoms with van der Waals surface area (Å²) in [5.74, 6) is -0.981. The number of benzene rings is 4. The van der Waals surface area contributed by atoms with Gasteiger partial charge in [-0.15, -0.1) is 0 Å². The molecule has 3 nitrogen and oxygen atoms in total. The van der Waals surface area contributed by atoms with Crippen LogP contribution in [0, 0.1) is 0 Å². The van der Waals surface area contributed by atoms with Gasteiger partial charge in [0.1, 0.15) is 11.2 Å². The number of rotatable bonds is 5. The predicted molar refractivity (Wildman–Crippen MR) is 139 cm³/mol. The van der Waals surface area contributed by atoms with Gasteiger partial charge >= 0.3 is 5.97 Å². The maximum Gasteiger partial charge on any atom is 0.327 e. The third-order valence-electron chi connectivity index (χ3n) is 6.40. The van der Waals surface area contributed by atoms with Gasteiger partial charge in [0.2, 0.25) is 0 Å². The smallest absolute Gasteiger partial charge is 0.327 e. The molecule has 1 heterocycles. The van der Waals surface area contributed by atoms with E-state index in [1.165, 1.54) is 49.7 Å². The lowest BCUT2D eigenvalue weighted by Crippen LogP contribution is -1.99. The van der Waals surface area contributed by atoms with Crippen LogP contribution in [0.1, 0.15) is 30.0 Å². The molecule has 1 aromatic heterocycles. The van der Waals surface area contributed by atoms with Gasteiger partial charge in [0, 0.05) is 22.4 Å². The van der Waals surface area contributed by atoms with Gasteiger partial charge in [0.15, 0.2) is 0 Å². The molecule has 1 N–H and O–H groups in total. The Kier molecular flexibility index (Phi) is 5.77. The van der Waals surface area contributed by atoms with Gasteiger partial charge in [-0.05, 0) is 52.3 Å². The van der Waals surface area contributed by atoms with Crippen LogP contribution in [-0.2, 0) is 17.6 Å². The van der Waals surface area contributed by atoms with E-state index in [1.54, 1.807) is 0 Å². The Morgan fingerprint density at radius 3 is 2.12 bits per heavy atom. The number of furan rings is 1. The Labute approximate surface area is 199 Å². The average Bonchev–Trinajstić information content (AvgIpc) is 3.46. The highest BCUT2D eigenvalue weighted by Crippen LogP contribution is 2.50. The fourth-order valence-corrected chi connectivity index (χ4v) is 5.11. The maximum absolute atomic E-state index is 9.25. The maximum atomic E-state index is 9.25. The summed E-state index contributed by atoms with van der Waals surface area (Å²) in [7, 11) is 0. The molecule has 1 aliphatic carbocycles. The lowest BCUT2D eigenvalue weighted by Gasteiger charge is -2.20. The zero-order chi connectivity index (χ0) is 23.7. The summed E-state index contributed by atoms with van der Waals surface area (Å²) in [6.45, 7) is 5.22. The second kappa shape index (κ2) is 9.03. The first-order chi connectivity index (χ1) is 16.6. The largest absolute Gasteiger partial charge is 0.478 e. The molecule has 34 heavy (non-hydrogen) atoms. The molecule has 1 aliphatic rings. The Bertz CT molecular complexity index is 1510. The average molecular weight is 447 g/mol. The molecular weight excluding hydrogens is 420 g/mol. The first kappa shape index (κ1) is 21.7. The molecule has 0 spiro atoms. The fourth-order valence-electron chi connectivity index (χ4n) is 5.11.